The van der Waals surface area contributed by atoms with Gasteiger partial charge in [-0.2, -0.15) is 0 Å². The van der Waals surface area contributed by atoms with Crippen LogP contribution in [-0.4, -0.2) is 32.8 Å². The molecule has 1 fully saturated rings. The van der Waals surface area contributed by atoms with Crippen LogP contribution < -0.4 is 19.5 Å². The van der Waals surface area contributed by atoms with Gasteiger partial charge in [-0.25, -0.2) is 0 Å². The van der Waals surface area contributed by atoms with Crippen molar-refractivity contribution in [1.82, 2.24) is 5.32 Å². The molecular formula is C15H21NO4. The molecule has 1 saturated heterocycles. The van der Waals surface area contributed by atoms with Gasteiger partial charge in [-0.05, 0) is 31.5 Å². The van der Waals surface area contributed by atoms with Crippen molar-refractivity contribution in [1.29, 1.82) is 0 Å². The van der Waals surface area contributed by atoms with Gasteiger partial charge in [0.15, 0.2) is 11.5 Å². The van der Waals surface area contributed by atoms with Gasteiger partial charge >= 0.3 is 0 Å². The maximum Gasteiger partial charge on any atom is 0.221 e. The van der Waals surface area contributed by atoms with E-state index in [2.05, 4.69) is 5.32 Å². The Bertz CT molecular complexity index is 500. The third kappa shape index (κ3) is 2.40. The number of ether oxygens (including phenoxy) is 3. The minimum atomic E-state index is -0.290. The van der Waals surface area contributed by atoms with Crippen LogP contribution in [0.2, 0.25) is 0 Å². The second-order valence-corrected chi connectivity index (χ2v) is 5.49. The van der Waals surface area contributed by atoms with Crippen molar-refractivity contribution in [2.24, 2.45) is 0 Å². The number of amides is 1. The molecule has 1 amide bonds. The van der Waals surface area contributed by atoms with E-state index < -0.39 is 0 Å². The average molecular weight is 279 g/mol. The first-order valence-corrected chi connectivity index (χ1v) is 6.54. The Balaban J connectivity index is 2.50. The first-order valence-electron chi connectivity index (χ1n) is 6.54. The SMILES string of the molecule is COc1cc(C2CC(=O)NC2(C)C)cc(OC)c1OC. The summed E-state index contributed by atoms with van der Waals surface area (Å²) in [6.45, 7) is 4.04. The molecule has 2 rings (SSSR count). The summed E-state index contributed by atoms with van der Waals surface area (Å²) in [6, 6.07) is 3.82. The van der Waals surface area contributed by atoms with E-state index in [1.807, 2.05) is 26.0 Å². The third-order valence-electron chi connectivity index (χ3n) is 3.81. The van der Waals surface area contributed by atoms with Gasteiger partial charge in [-0.3, -0.25) is 4.79 Å². The predicted molar refractivity (Wildman–Crippen MR) is 75.7 cm³/mol. The van der Waals surface area contributed by atoms with Gasteiger partial charge in [0, 0.05) is 17.9 Å². The van der Waals surface area contributed by atoms with Crippen LogP contribution in [0, 0.1) is 0 Å². The summed E-state index contributed by atoms with van der Waals surface area (Å²) in [7, 11) is 4.75. The molecule has 1 atom stereocenters. The van der Waals surface area contributed by atoms with E-state index in [1.165, 1.54) is 0 Å². The van der Waals surface area contributed by atoms with Gasteiger partial charge in [-0.1, -0.05) is 0 Å². The van der Waals surface area contributed by atoms with Gasteiger partial charge < -0.3 is 19.5 Å². The van der Waals surface area contributed by atoms with Gasteiger partial charge in [0.25, 0.3) is 0 Å². The van der Waals surface area contributed by atoms with Crippen LogP contribution in [0.25, 0.3) is 0 Å². The molecule has 1 heterocycles. The quantitative estimate of drug-likeness (QED) is 0.917. The lowest BCUT2D eigenvalue weighted by Gasteiger charge is -2.27. The normalized spacial score (nSPS) is 20.4. The number of carbonyl (C=O) groups is 1. The zero-order chi connectivity index (χ0) is 14.9. The highest BCUT2D eigenvalue weighted by molar-refractivity contribution is 5.81. The Hall–Kier alpha value is -1.91. The second kappa shape index (κ2) is 5.23. The summed E-state index contributed by atoms with van der Waals surface area (Å²) in [5, 5.41) is 2.99. The molecule has 1 N–H and O–H groups in total. The number of hydrogen-bond donors (Lipinski definition) is 1. The van der Waals surface area contributed by atoms with Crippen molar-refractivity contribution in [2.75, 3.05) is 21.3 Å². The highest BCUT2D eigenvalue weighted by atomic mass is 16.5. The maximum absolute atomic E-state index is 11.7. The Morgan fingerprint density at radius 1 is 1.10 bits per heavy atom. The van der Waals surface area contributed by atoms with E-state index in [9.17, 15) is 4.79 Å². The lowest BCUT2D eigenvalue weighted by Crippen LogP contribution is -2.38. The zero-order valence-electron chi connectivity index (χ0n) is 12.6. The van der Waals surface area contributed by atoms with Crippen LogP contribution in [0.3, 0.4) is 0 Å². The molecule has 1 aliphatic heterocycles. The lowest BCUT2D eigenvalue weighted by molar-refractivity contribution is -0.119. The van der Waals surface area contributed by atoms with Crippen molar-refractivity contribution < 1.29 is 19.0 Å². The largest absolute Gasteiger partial charge is 0.493 e. The fourth-order valence-electron chi connectivity index (χ4n) is 2.78. The molecule has 110 valence electrons. The van der Waals surface area contributed by atoms with Gasteiger partial charge in [-0.15, -0.1) is 0 Å². The topological polar surface area (TPSA) is 56.8 Å². The van der Waals surface area contributed by atoms with Crippen molar-refractivity contribution in [3.8, 4) is 17.2 Å². The Kier molecular flexibility index (Phi) is 3.79. The maximum atomic E-state index is 11.7. The van der Waals surface area contributed by atoms with E-state index in [4.69, 9.17) is 14.2 Å². The molecule has 0 saturated carbocycles. The minimum absolute atomic E-state index is 0.0637. The summed E-state index contributed by atoms with van der Waals surface area (Å²) in [5.41, 5.74) is 0.713. The fraction of sp³-hybridized carbons (Fsp3) is 0.533. The molecule has 1 aromatic rings. The van der Waals surface area contributed by atoms with E-state index in [0.717, 1.165) is 5.56 Å². The predicted octanol–water partition coefficient (Wildman–Crippen LogP) is 2.09. The highest BCUT2D eigenvalue weighted by Gasteiger charge is 2.40. The Morgan fingerprint density at radius 3 is 2.00 bits per heavy atom. The number of rotatable bonds is 4. The number of carbonyl (C=O) groups excluding carboxylic acids is 1. The van der Waals surface area contributed by atoms with Crippen molar-refractivity contribution >= 4 is 5.91 Å². The van der Waals surface area contributed by atoms with Gasteiger partial charge in [0.2, 0.25) is 11.7 Å². The summed E-state index contributed by atoms with van der Waals surface area (Å²) in [6.07, 6.45) is 0.464. The first kappa shape index (κ1) is 14.5. The van der Waals surface area contributed by atoms with Crippen LogP contribution in [0.1, 0.15) is 31.7 Å². The van der Waals surface area contributed by atoms with Crippen molar-refractivity contribution in [3.63, 3.8) is 0 Å². The van der Waals surface area contributed by atoms with Crippen LogP contribution in [0.15, 0.2) is 12.1 Å². The van der Waals surface area contributed by atoms with E-state index in [1.54, 1.807) is 21.3 Å². The Morgan fingerprint density at radius 2 is 1.65 bits per heavy atom. The molecule has 1 aromatic carbocycles. The van der Waals surface area contributed by atoms with Crippen molar-refractivity contribution in [3.05, 3.63) is 17.7 Å². The zero-order valence-corrected chi connectivity index (χ0v) is 12.6. The van der Waals surface area contributed by atoms with Gasteiger partial charge in [0.1, 0.15) is 0 Å². The smallest absolute Gasteiger partial charge is 0.221 e. The molecule has 0 aromatic heterocycles. The van der Waals surface area contributed by atoms with E-state index >= 15 is 0 Å². The molecule has 5 heteroatoms. The number of benzene rings is 1. The monoisotopic (exact) mass is 279 g/mol. The average Bonchev–Trinajstić information content (AvgIpc) is 2.69. The molecular weight excluding hydrogens is 258 g/mol. The van der Waals surface area contributed by atoms with E-state index in [0.29, 0.717) is 23.7 Å². The summed E-state index contributed by atoms with van der Waals surface area (Å²) in [5.74, 6) is 1.92. The van der Waals surface area contributed by atoms with Crippen LogP contribution in [0.5, 0.6) is 17.2 Å². The molecule has 0 radical (unpaired) electrons. The minimum Gasteiger partial charge on any atom is -0.493 e. The summed E-state index contributed by atoms with van der Waals surface area (Å²) < 4.78 is 16.0. The summed E-state index contributed by atoms with van der Waals surface area (Å²) in [4.78, 5) is 11.7. The first-order chi connectivity index (χ1) is 9.42. The third-order valence-corrected chi connectivity index (χ3v) is 3.81. The van der Waals surface area contributed by atoms with E-state index in [-0.39, 0.29) is 17.4 Å². The Labute approximate surface area is 119 Å². The number of hydrogen-bond acceptors (Lipinski definition) is 4. The van der Waals surface area contributed by atoms with Crippen LogP contribution in [-0.2, 0) is 4.79 Å². The number of methoxy groups -OCH3 is 3. The van der Waals surface area contributed by atoms with Gasteiger partial charge in [0.05, 0.1) is 21.3 Å². The summed E-state index contributed by atoms with van der Waals surface area (Å²) >= 11 is 0. The lowest BCUT2D eigenvalue weighted by atomic mass is 9.83. The molecule has 5 nitrogen and oxygen atoms in total. The van der Waals surface area contributed by atoms with Crippen LogP contribution >= 0.6 is 0 Å². The highest BCUT2D eigenvalue weighted by Crippen LogP contribution is 2.44. The molecule has 0 spiro atoms. The fourth-order valence-corrected chi connectivity index (χ4v) is 2.78. The molecule has 0 bridgehead atoms. The standard InChI is InChI=1S/C15H21NO4/c1-15(2)10(8-13(17)16-15)9-6-11(18-3)14(20-5)12(7-9)19-4/h6-7,10H,8H2,1-5H3,(H,16,17). The molecule has 0 aliphatic carbocycles. The molecule has 1 aliphatic rings. The van der Waals surface area contributed by atoms with Crippen LogP contribution in [0.4, 0.5) is 0 Å². The van der Waals surface area contributed by atoms with Crippen molar-refractivity contribution in [2.45, 2.75) is 31.7 Å². The molecule has 20 heavy (non-hydrogen) atoms. The second-order valence-electron chi connectivity index (χ2n) is 5.49. The number of nitrogens with one attached hydrogen (secondary N) is 1. The molecule has 1 unspecified atom stereocenters.